The van der Waals surface area contributed by atoms with Crippen molar-refractivity contribution >= 4 is 46.5 Å². The van der Waals surface area contributed by atoms with Crippen molar-refractivity contribution in [2.24, 2.45) is 0 Å². The monoisotopic (exact) mass is 395 g/mol. The minimum atomic E-state index is -0.326. The maximum absolute atomic E-state index is 12.6. The number of nitrogens with one attached hydrogen (secondary N) is 1. The lowest BCUT2D eigenvalue weighted by Gasteiger charge is -2.17. The van der Waals surface area contributed by atoms with Gasteiger partial charge in [-0.3, -0.25) is 9.20 Å². The molecule has 0 saturated heterocycles. The van der Waals surface area contributed by atoms with Crippen molar-refractivity contribution in [3.63, 3.8) is 0 Å². The van der Waals surface area contributed by atoms with Crippen molar-refractivity contribution in [1.82, 2.24) is 24.9 Å². The topological polar surface area (TPSA) is 72.2 Å². The number of thioether (sulfide) groups is 1. The molecule has 0 unspecified atom stereocenters. The molecule has 3 aromatic rings. The fourth-order valence-corrected chi connectivity index (χ4v) is 3.32. The van der Waals surface area contributed by atoms with Gasteiger partial charge in [-0.05, 0) is 42.7 Å². The highest BCUT2D eigenvalue weighted by Gasteiger charge is 2.22. The molecule has 9 heteroatoms. The number of fused-ring (bicyclic) bond motifs is 1. The van der Waals surface area contributed by atoms with Crippen molar-refractivity contribution < 1.29 is 4.79 Å². The lowest BCUT2D eigenvalue weighted by atomic mass is 10.2. The van der Waals surface area contributed by atoms with Gasteiger partial charge in [-0.25, -0.2) is 4.98 Å². The molecule has 3 heterocycles. The zero-order valence-electron chi connectivity index (χ0n) is 13.3. The zero-order chi connectivity index (χ0) is 17.8. The van der Waals surface area contributed by atoms with E-state index < -0.39 is 0 Å². The van der Waals surface area contributed by atoms with Gasteiger partial charge >= 0.3 is 0 Å². The summed E-state index contributed by atoms with van der Waals surface area (Å²) in [6.45, 7) is 0. The van der Waals surface area contributed by atoms with Gasteiger partial charge in [-0.15, -0.1) is 10.2 Å². The Kier molecular flexibility index (Phi) is 5.78. The van der Waals surface area contributed by atoms with Crippen LogP contribution in [0, 0.1) is 0 Å². The Balaban J connectivity index is 1.89. The molecule has 0 bridgehead atoms. The SMILES string of the molecule is CSCC[C@H](NC(=O)c1ccc(Cl)nc1Cl)c1nnc2ccccn12. The first-order chi connectivity index (χ1) is 12.1. The Hall–Kier alpha value is -1.83. The van der Waals surface area contributed by atoms with Crippen molar-refractivity contribution in [2.75, 3.05) is 12.0 Å². The van der Waals surface area contributed by atoms with E-state index in [4.69, 9.17) is 23.2 Å². The molecule has 6 nitrogen and oxygen atoms in total. The highest BCUT2D eigenvalue weighted by Crippen LogP contribution is 2.21. The van der Waals surface area contributed by atoms with Gasteiger partial charge in [0.25, 0.3) is 5.91 Å². The smallest absolute Gasteiger partial charge is 0.255 e. The van der Waals surface area contributed by atoms with Gasteiger partial charge in [-0.2, -0.15) is 11.8 Å². The molecule has 0 aliphatic heterocycles. The highest BCUT2D eigenvalue weighted by molar-refractivity contribution is 7.98. The second kappa shape index (κ2) is 8.03. The molecule has 3 rings (SSSR count). The van der Waals surface area contributed by atoms with Gasteiger partial charge in [0.15, 0.2) is 11.5 Å². The number of rotatable bonds is 6. The first-order valence-electron chi connectivity index (χ1n) is 7.51. The summed E-state index contributed by atoms with van der Waals surface area (Å²) >= 11 is 13.5. The molecule has 130 valence electrons. The molecule has 0 spiro atoms. The van der Waals surface area contributed by atoms with E-state index in [-0.39, 0.29) is 27.8 Å². The first kappa shape index (κ1) is 18.0. The third kappa shape index (κ3) is 4.05. The van der Waals surface area contributed by atoms with E-state index >= 15 is 0 Å². The minimum Gasteiger partial charge on any atom is -0.342 e. The molecule has 0 aliphatic rings. The normalized spacial score (nSPS) is 12.3. The number of amides is 1. The summed E-state index contributed by atoms with van der Waals surface area (Å²) in [6, 6.07) is 8.44. The van der Waals surface area contributed by atoms with Crippen LogP contribution in [0.5, 0.6) is 0 Å². The lowest BCUT2D eigenvalue weighted by Crippen LogP contribution is -2.30. The number of carbonyl (C=O) groups is 1. The average Bonchev–Trinajstić information content (AvgIpc) is 3.02. The molecule has 0 radical (unpaired) electrons. The molecule has 1 atom stereocenters. The number of halogens is 2. The Morgan fingerprint density at radius 1 is 1.28 bits per heavy atom. The van der Waals surface area contributed by atoms with Crippen LogP contribution in [0.1, 0.15) is 28.6 Å². The van der Waals surface area contributed by atoms with E-state index in [1.54, 1.807) is 17.8 Å². The fraction of sp³-hybridized carbons (Fsp3) is 0.250. The second-order valence-corrected chi connectivity index (χ2v) is 7.00. The molecule has 1 amide bonds. The summed E-state index contributed by atoms with van der Waals surface area (Å²) in [6.07, 6.45) is 4.60. The van der Waals surface area contributed by atoms with Crippen molar-refractivity contribution in [3.05, 3.63) is 58.2 Å². The average molecular weight is 396 g/mol. The van der Waals surface area contributed by atoms with Crippen LogP contribution < -0.4 is 5.32 Å². The number of hydrogen-bond acceptors (Lipinski definition) is 5. The maximum Gasteiger partial charge on any atom is 0.255 e. The van der Waals surface area contributed by atoms with Crippen molar-refractivity contribution in [2.45, 2.75) is 12.5 Å². The summed E-state index contributed by atoms with van der Waals surface area (Å²) in [7, 11) is 0. The summed E-state index contributed by atoms with van der Waals surface area (Å²) in [5.74, 6) is 1.21. The molecule has 3 aromatic heterocycles. The number of aromatic nitrogens is 4. The molecule has 25 heavy (non-hydrogen) atoms. The molecule has 1 N–H and O–H groups in total. The molecule has 0 aromatic carbocycles. The van der Waals surface area contributed by atoms with Gasteiger partial charge < -0.3 is 5.32 Å². The molecule has 0 aliphatic carbocycles. The van der Waals surface area contributed by atoms with Crippen LogP contribution >= 0.6 is 35.0 Å². The summed E-state index contributed by atoms with van der Waals surface area (Å²) < 4.78 is 1.87. The Morgan fingerprint density at radius 3 is 2.88 bits per heavy atom. The first-order valence-corrected chi connectivity index (χ1v) is 9.66. The predicted octanol–water partition coefficient (Wildman–Crippen LogP) is 3.66. The van der Waals surface area contributed by atoms with E-state index in [2.05, 4.69) is 20.5 Å². The van der Waals surface area contributed by atoms with Crippen LogP contribution in [-0.4, -0.2) is 37.5 Å². The van der Waals surface area contributed by atoms with Crippen LogP contribution in [0.15, 0.2) is 36.5 Å². The maximum atomic E-state index is 12.6. The fourth-order valence-electron chi connectivity index (χ4n) is 2.42. The predicted molar refractivity (Wildman–Crippen MR) is 100 cm³/mol. The van der Waals surface area contributed by atoms with Gasteiger partial charge in [-0.1, -0.05) is 29.3 Å². The van der Waals surface area contributed by atoms with E-state index in [0.29, 0.717) is 12.2 Å². The molecule has 0 fully saturated rings. The van der Waals surface area contributed by atoms with Crippen LogP contribution in [-0.2, 0) is 0 Å². The summed E-state index contributed by atoms with van der Waals surface area (Å²) in [5.41, 5.74) is 1.00. The van der Waals surface area contributed by atoms with E-state index in [9.17, 15) is 4.79 Å². The van der Waals surface area contributed by atoms with Crippen LogP contribution in [0.2, 0.25) is 10.3 Å². The molecular formula is C16H15Cl2N5OS. The number of hydrogen-bond donors (Lipinski definition) is 1. The zero-order valence-corrected chi connectivity index (χ0v) is 15.6. The minimum absolute atomic E-state index is 0.0692. The summed E-state index contributed by atoms with van der Waals surface area (Å²) in [5, 5.41) is 11.7. The number of nitrogens with zero attached hydrogens (tertiary/aromatic N) is 4. The summed E-state index contributed by atoms with van der Waals surface area (Å²) in [4.78, 5) is 16.5. The third-order valence-electron chi connectivity index (χ3n) is 3.63. The Bertz CT molecular complexity index is 901. The highest BCUT2D eigenvalue weighted by atomic mass is 35.5. The van der Waals surface area contributed by atoms with E-state index in [1.165, 1.54) is 6.07 Å². The van der Waals surface area contributed by atoms with Gasteiger partial charge in [0.1, 0.15) is 10.3 Å². The molecular weight excluding hydrogens is 381 g/mol. The quantitative estimate of drug-likeness (QED) is 0.644. The van der Waals surface area contributed by atoms with Crippen LogP contribution in [0.25, 0.3) is 5.65 Å². The van der Waals surface area contributed by atoms with Gasteiger partial charge in [0, 0.05) is 6.20 Å². The van der Waals surface area contributed by atoms with Crippen LogP contribution in [0.4, 0.5) is 0 Å². The van der Waals surface area contributed by atoms with Crippen molar-refractivity contribution in [1.29, 1.82) is 0 Å². The van der Waals surface area contributed by atoms with Crippen molar-refractivity contribution in [3.8, 4) is 0 Å². The lowest BCUT2D eigenvalue weighted by molar-refractivity contribution is 0.0933. The molecule has 0 saturated carbocycles. The van der Waals surface area contributed by atoms with E-state index in [0.717, 1.165) is 11.4 Å². The van der Waals surface area contributed by atoms with Crippen LogP contribution in [0.3, 0.4) is 0 Å². The van der Waals surface area contributed by atoms with E-state index in [1.807, 2.05) is 35.1 Å². The number of pyridine rings is 2. The van der Waals surface area contributed by atoms with Gasteiger partial charge in [0.05, 0.1) is 11.6 Å². The third-order valence-corrected chi connectivity index (χ3v) is 4.77. The van der Waals surface area contributed by atoms with Gasteiger partial charge in [0.2, 0.25) is 0 Å². The Morgan fingerprint density at radius 2 is 2.12 bits per heavy atom. The Labute approximate surface area is 158 Å². The second-order valence-electron chi connectivity index (χ2n) is 5.27. The number of carbonyl (C=O) groups excluding carboxylic acids is 1. The standard InChI is InChI=1S/C16H15Cl2N5OS/c1-25-9-7-11(15-22-21-13-4-2-3-8-23(13)15)19-16(24)10-5-6-12(17)20-14(10)18/h2-6,8,11H,7,9H2,1H3,(H,19,24)/t11-/m0/s1. The largest absolute Gasteiger partial charge is 0.342 e.